The number of fused-ring (bicyclic) bond motifs is 2. The van der Waals surface area contributed by atoms with Gasteiger partial charge in [-0.3, -0.25) is 9.36 Å². The van der Waals surface area contributed by atoms with Crippen molar-refractivity contribution in [2.45, 2.75) is 33.2 Å². The zero-order chi connectivity index (χ0) is 19.0. The molecule has 0 unspecified atom stereocenters. The van der Waals surface area contributed by atoms with E-state index in [9.17, 15) is 9.59 Å². The molecule has 6 nitrogen and oxygen atoms in total. The molecular weight excluding hydrogens is 364 g/mol. The summed E-state index contributed by atoms with van der Waals surface area (Å²) in [5, 5.41) is 0.536. The van der Waals surface area contributed by atoms with Crippen LogP contribution in [0.15, 0.2) is 29.1 Å². The van der Waals surface area contributed by atoms with Crippen molar-refractivity contribution in [2.75, 3.05) is 13.2 Å². The number of carbonyl (C=O) groups excluding carboxylic acids is 1. The minimum absolute atomic E-state index is 0.0527. The summed E-state index contributed by atoms with van der Waals surface area (Å²) < 4.78 is 12.7. The quantitative estimate of drug-likeness (QED) is 0.499. The van der Waals surface area contributed by atoms with Crippen LogP contribution in [0.25, 0.3) is 10.2 Å². The zero-order valence-corrected chi connectivity index (χ0v) is 16.1. The van der Waals surface area contributed by atoms with Crippen molar-refractivity contribution in [2.24, 2.45) is 0 Å². The lowest BCUT2D eigenvalue weighted by Gasteiger charge is -2.07. The Hall–Kier alpha value is -2.67. The Morgan fingerprint density at radius 1 is 1.30 bits per heavy atom. The van der Waals surface area contributed by atoms with E-state index < -0.39 is 5.97 Å². The monoisotopic (exact) mass is 384 g/mol. The van der Waals surface area contributed by atoms with E-state index >= 15 is 0 Å². The molecule has 0 amide bonds. The maximum absolute atomic E-state index is 12.7. The minimum atomic E-state index is -0.437. The molecule has 2 aromatic heterocycles. The molecule has 0 saturated carbocycles. The summed E-state index contributed by atoms with van der Waals surface area (Å²) in [4.78, 5) is 30.8. The van der Waals surface area contributed by atoms with Crippen molar-refractivity contribution in [3.8, 4) is 5.75 Å². The van der Waals surface area contributed by atoms with E-state index in [0.29, 0.717) is 27.2 Å². The summed E-state index contributed by atoms with van der Waals surface area (Å²) in [6.07, 6.45) is 1.74. The molecule has 27 heavy (non-hydrogen) atoms. The normalized spacial score (nSPS) is 13.0. The van der Waals surface area contributed by atoms with Gasteiger partial charge >= 0.3 is 5.97 Å². The predicted molar refractivity (Wildman–Crippen MR) is 104 cm³/mol. The molecular formula is C20H20N2O4S. The summed E-state index contributed by atoms with van der Waals surface area (Å²) >= 11 is 1.23. The highest BCUT2D eigenvalue weighted by molar-refractivity contribution is 7.20. The first kappa shape index (κ1) is 17.7. The van der Waals surface area contributed by atoms with Crippen LogP contribution in [0.5, 0.6) is 5.75 Å². The van der Waals surface area contributed by atoms with Crippen molar-refractivity contribution >= 4 is 27.5 Å². The average molecular weight is 384 g/mol. The molecule has 0 saturated heterocycles. The third-order valence-electron chi connectivity index (χ3n) is 4.67. The van der Waals surface area contributed by atoms with E-state index in [-0.39, 0.29) is 18.8 Å². The fourth-order valence-corrected chi connectivity index (χ4v) is 4.42. The number of nitrogens with zero attached hydrogens (tertiary/aromatic N) is 2. The van der Waals surface area contributed by atoms with Gasteiger partial charge in [0.2, 0.25) is 0 Å². The van der Waals surface area contributed by atoms with Crippen molar-refractivity contribution in [1.82, 2.24) is 9.55 Å². The topological polar surface area (TPSA) is 70.4 Å². The molecule has 7 heteroatoms. The highest BCUT2D eigenvalue weighted by Crippen LogP contribution is 2.29. The molecule has 0 aliphatic carbocycles. The molecule has 1 aromatic carbocycles. The number of rotatable bonds is 5. The molecule has 0 fully saturated rings. The van der Waals surface area contributed by atoms with Crippen LogP contribution in [-0.4, -0.2) is 28.7 Å². The maximum atomic E-state index is 12.7. The van der Waals surface area contributed by atoms with Crippen LogP contribution in [0.1, 0.15) is 33.0 Å². The van der Waals surface area contributed by atoms with E-state index in [1.54, 1.807) is 11.5 Å². The number of carbonyl (C=O) groups is 1. The van der Waals surface area contributed by atoms with Crippen molar-refractivity contribution < 1.29 is 14.3 Å². The first-order chi connectivity index (χ1) is 13.0. The summed E-state index contributed by atoms with van der Waals surface area (Å²) in [5.74, 6) is 1.11. The second-order valence-corrected chi connectivity index (χ2v) is 7.62. The van der Waals surface area contributed by atoms with Gasteiger partial charge in [0.1, 0.15) is 34.5 Å². The number of ether oxygens (including phenoxy) is 2. The van der Waals surface area contributed by atoms with Gasteiger partial charge in [-0.2, -0.15) is 0 Å². The fourth-order valence-electron chi connectivity index (χ4n) is 3.33. The summed E-state index contributed by atoms with van der Waals surface area (Å²) in [6, 6.07) is 7.70. The summed E-state index contributed by atoms with van der Waals surface area (Å²) in [6.45, 7) is 4.88. The first-order valence-corrected chi connectivity index (χ1v) is 9.75. The second-order valence-electron chi connectivity index (χ2n) is 6.63. The molecule has 3 aromatic rings. The summed E-state index contributed by atoms with van der Waals surface area (Å²) in [5.41, 5.74) is 1.71. The molecule has 0 spiro atoms. The highest BCUT2D eigenvalue weighted by Gasteiger charge is 2.23. The Balaban J connectivity index is 1.46. The van der Waals surface area contributed by atoms with Gasteiger partial charge in [0.05, 0.1) is 5.39 Å². The third kappa shape index (κ3) is 3.35. The molecule has 1 aliphatic rings. The van der Waals surface area contributed by atoms with Gasteiger partial charge in [-0.15, -0.1) is 11.3 Å². The number of benzene rings is 1. The van der Waals surface area contributed by atoms with Crippen LogP contribution >= 0.6 is 11.3 Å². The second kappa shape index (κ2) is 7.15. The van der Waals surface area contributed by atoms with Crippen LogP contribution in [0.4, 0.5) is 0 Å². The molecule has 0 atom stereocenters. The Morgan fingerprint density at radius 3 is 2.96 bits per heavy atom. The Labute approximate surface area is 160 Å². The van der Waals surface area contributed by atoms with Crippen LogP contribution in [0, 0.1) is 13.8 Å². The van der Waals surface area contributed by atoms with Gasteiger partial charge in [0, 0.05) is 13.0 Å². The van der Waals surface area contributed by atoms with Crippen LogP contribution in [0.3, 0.4) is 0 Å². The molecule has 4 rings (SSSR count). The van der Waals surface area contributed by atoms with Crippen molar-refractivity contribution in [1.29, 1.82) is 0 Å². The van der Waals surface area contributed by atoms with E-state index in [1.807, 2.05) is 31.2 Å². The molecule has 0 bridgehead atoms. The van der Waals surface area contributed by atoms with E-state index in [4.69, 9.17) is 9.47 Å². The molecule has 0 radical (unpaired) electrons. The number of hydrogen-bond acceptors (Lipinski definition) is 6. The largest absolute Gasteiger partial charge is 0.490 e. The number of aromatic nitrogens is 2. The lowest BCUT2D eigenvalue weighted by Crippen LogP contribution is -2.20. The third-order valence-corrected chi connectivity index (χ3v) is 5.84. The van der Waals surface area contributed by atoms with Gasteiger partial charge < -0.3 is 9.47 Å². The van der Waals surface area contributed by atoms with Gasteiger partial charge in [-0.25, -0.2) is 9.78 Å². The number of aryl methyl sites for hydroxylation is 3. The van der Waals surface area contributed by atoms with Crippen LogP contribution < -0.4 is 10.3 Å². The van der Waals surface area contributed by atoms with Gasteiger partial charge in [0.25, 0.3) is 5.56 Å². The van der Waals surface area contributed by atoms with Crippen LogP contribution in [0.2, 0.25) is 0 Å². The van der Waals surface area contributed by atoms with E-state index in [1.165, 1.54) is 11.3 Å². The Morgan fingerprint density at radius 2 is 2.15 bits per heavy atom. The Bertz CT molecular complexity index is 1080. The molecule has 1 aliphatic heterocycles. The lowest BCUT2D eigenvalue weighted by molar-refractivity contribution is 0.0455. The molecule has 0 N–H and O–H groups in total. The SMILES string of the molecule is Cc1cccc(OCCOC(=O)c2sc3nc4n(c(=O)c3c2C)CCC4)c1. The number of thiophene rings is 1. The molecule has 140 valence electrons. The Kier molecular flexibility index (Phi) is 4.70. The van der Waals surface area contributed by atoms with Crippen LogP contribution in [-0.2, 0) is 17.7 Å². The number of hydrogen-bond donors (Lipinski definition) is 0. The highest BCUT2D eigenvalue weighted by atomic mass is 32.1. The van der Waals surface area contributed by atoms with Crippen molar-refractivity contribution in [3.63, 3.8) is 0 Å². The standard InChI is InChI=1S/C20H20N2O4S/c1-12-5-3-6-14(11-12)25-9-10-26-20(24)17-13(2)16-18(27-17)21-15-7-4-8-22(15)19(16)23/h3,5-6,11H,4,7-10H2,1-2H3. The average Bonchev–Trinajstić information content (AvgIpc) is 3.24. The molecule has 3 heterocycles. The van der Waals surface area contributed by atoms with Gasteiger partial charge in [-0.1, -0.05) is 12.1 Å². The van der Waals surface area contributed by atoms with Gasteiger partial charge in [-0.05, 0) is 43.5 Å². The maximum Gasteiger partial charge on any atom is 0.348 e. The predicted octanol–water partition coefficient (Wildman–Crippen LogP) is 3.26. The summed E-state index contributed by atoms with van der Waals surface area (Å²) in [7, 11) is 0. The fraction of sp³-hybridized carbons (Fsp3) is 0.350. The minimum Gasteiger partial charge on any atom is -0.490 e. The first-order valence-electron chi connectivity index (χ1n) is 8.94. The zero-order valence-electron chi connectivity index (χ0n) is 15.3. The number of esters is 1. The van der Waals surface area contributed by atoms with Gasteiger partial charge in [0.15, 0.2) is 0 Å². The smallest absolute Gasteiger partial charge is 0.348 e. The van der Waals surface area contributed by atoms with E-state index in [0.717, 1.165) is 30.0 Å². The lowest BCUT2D eigenvalue weighted by atomic mass is 10.2. The van der Waals surface area contributed by atoms with Crippen molar-refractivity contribution in [3.05, 3.63) is 56.4 Å². The van der Waals surface area contributed by atoms with E-state index in [2.05, 4.69) is 4.98 Å².